The fourth-order valence-electron chi connectivity index (χ4n) is 4.16. The third kappa shape index (κ3) is 8.07. The maximum atomic E-state index is 12.8. The number of aromatic nitrogens is 2. The van der Waals surface area contributed by atoms with Crippen molar-refractivity contribution < 1.29 is 18.9 Å². The lowest BCUT2D eigenvalue weighted by Crippen LogP contribution is -2.46. The molecule has 41 heavy (non-hydrogen) atoms. The number of nitrogens with one attached hydrogen (secondary N) is 3. The molecule has 0 atom stereocenters. The first-order valence-electron chi connectivity index (χ1n) is 12.9. The molecule has 0 spiro atoms. The highest BCUT2D eigenvalue weighted by molar-refractivity contribution is 7.70. The summed E-state index contributed by atoms with van der Waals surface area (Å²) < 4.78 is 18.2. The molecule has 216 valence electrons. The molecule has 3 N–H and O–H groups in total. The summed E-state index contributed by atoms with van der Waals surface area (Å²) in [7, 11) is 0.963. The summed E-state index contributed by atoms with van der Waals surface area (Å²) in [5.74, 6) is 0.382. The number of likely N-dealkylation sites (N-methyl/N-ethyl adjacent to an activating group) is 1. The summed E-state index contributed by atoms with van der Waals surface area (Å²) in [5, 5.41) is 9.97. The number of anilines is 5. The van der Waals surface area contributed by atoms with Gasteiger partial charge in [-0.1, -0.05) is 23.7 Å². The quantitative estimate of drug-likeness (QED) is 0.246. The smallest absolute Gasteiger partial charge is 0.248 e. The van der Waals surface area contributed by atoms with Crippen LogP contribution in [-0.4, -0.2) is 85.2 Å². The second kappa shape index (κ2) is 13.2. The molecule has 1 aromatic heterocycles. The standard InChI is InChI=1S/C28H33ClN7O4P/c1-35-13-15-36(16-14-35)26(38)12-11-25(37)31-19-9-10-23(40-2)22(17-19)33-28-30-18-20(29)27(34-28)32-21-7-5-6-8-24(21)41(3,4)39/h5-12,17-18H,13-16H2,1-4H3,(H,31,37)(H2,30,32,33,34)/b12-11-. The molecule has 2 amide bonds. The maximum absolute atomic E-state index is 12.8. The monoisotopic (exact) mass is 597 g/mol. The largest absolute Gasteiger partial charge is 0.495 e. The van der Waals surface area contributed by atoms with E-state index >= 15 is 0 Å². The lowest BCUT2D eigenvalue weighted by Gasteiger charge is -2.31. The van der Waals surface area contributed by atoms with E-state index < -0.39 is 13.0 Å². The summed E-state index contributed by atoms with van der Waals surface area (Å²) in [6.45, 7) is 6.25. The summed E-state index contributed by atoms with van der Waals surface area (Å²) in [5.41, 5.74) is 1.59. The molecule has 4 rings (SSSR count). The van der Waals surface area contributed by atoms with Crippen molar-refractivity contribution in [3.05, 3.63) is 65.8 Å². The van der Waals surface area contributed by atoms with Gasteiger partial charge in [-0.25, -0.2) is 4.98 Å². The predicted octanol–water partition coefficient (Wildman–Crippen LogP) is 4.14. The Kier molecular flexibility index (Phi) is 9.65. The zero-order chi connectivity index (χ0) is 29.6. The number of methoxy groups -OCH3 is 1. The van der Waals surface area contributed by atoms with Gasteiger partial charge in [-0.05, 0) is 50.7 Å². The third-order valence-electron chi connectivity index (χ3n) is 6.39. The van der Waals surface area contributed by atoms with Crippen LogP contribution in [0.1, 0.15) is 0 Å². The Balaban J connectivity index is 1.48. The van der Waals surface area contributed by atoms with Crippen molar-refractivity contribution in [2.24, 2.45) is 0 Å². The lowest BCUT2D eigenvalue weighted by molar-refractivity contribution is -0.127. The Labute approximate surface area is 244 Å². The molecule has 2 heterocycles. The second-order valence-electron chi connectivity index (χ2n) is 9.87. The van der Waals surface area contributed by atoms with Gasteiger partial charge in [-0.2, -0.15) is 4.98 Å². The number of ether oxygens (including phenoxy) is 1. The minimum Gasteiger partial charge on any atom is -0.495 e. The summed E-state index contributed by atoms with van der Waals surface area (Å²) >= 11 is 6.37. The fourth-order valence-corrected chi connectivity index (χ4v) is 5.45. The number of hydrogen-bond acceptors (Lipinski definition) is 9. The molecule has 2 aromatic carbocycles. The van der Waals surface area contributed by atoms with E-state index in [-0.39, 0.29) is 16.9 Å². The number of nitrogens with zero attached hydrogens (tertiary/aromatic N) is 4. The number of benzene rings is 2. The molecule has 13 heteroatoms. The minimum atomic E-state index is -2.57. The molecular formula is C28H33ClN7O4P. The maximum Gasteiger partial charge on any atom is 0.248 e. The van der Waals surface area contributed by atoms with Gasteiger partial charge < -0.3 is 35.1 Å². The highest BCUT2D eigenvalue weighted by Crippen LogP contribution is 2.39. The average molecular weight is 598 g/mol. The molecule has 0 unspecified atom stereocenters. The van der Waals surface area contributed by atoms with Crippen molar-refractivity contribution in [3.63, 3.8) is 0 Å². The third-order valence-corrected chi connectivity index (χ3v) is 8.21. The van der Waals surface area contributed by atoms with E-state index in [2.05, 4.69) is 30.8 Å². The second-order valence-corrected chi connectivity index (χ2v) is 13.5. The molecule has 0 bridgehead atoms. The van der Waals surface area contributed by atoms with Crippen LogP contribution >= 0.6 is 18.7 Å². The Morgan fingerprint density at radius 2 is 1.76 bits per heavy atom. The zero-order valence-electron chi connectivity index (χ0n) is 23.3. The fraction of sp³-hybridized carbons (Fsp3) is 0.286. The van der Waals surface area contributed by atoms with Crippen LogP contribution in [-0.2, 0) is 14.2 Å². The Morgan fingerprint density at radius 3 is 2.46 bits per heavy atom. The average Bonchev–Trinajstić information content (AvgIpc) is 2.94. The topological polar surface area (TPSA) is 129 Å². The van der Waals surface area contributed by atoms with Crippen LogP contribution in [0.2, 0.25) is 5.02 Å². The number of rotatable bonds is 9. The molecule has 11 nitrogen and oxygen atoms in total. The van der Waals surface area contributed by atoms with Crippen LogP contribution in [0.5, 0.6) is 5.75 Å². The highest BCUT2D eigenvalue weighted by atomic mass is 35.5. The predicted molar refractivity (Wildman–Crippen MR) is 164 cm³/mol. The van der Waals surface area contributed by atoms with Crippen molar-refractivity contribution in [2.75, 3.05) is 69.6 Å². The van der Waals surface area contributed by atoms with Gasteiger partial charge >= 0.3 is 0 Å². The van der Waals surface area contributed by atoms with Gasteiger partial charge in [-0.15, -0.1) is 0 Å². The van der Waals surface area contributed by atoms with Crippen molar-refractivity contribution in [1.29, 1.82) is 0 Å². The molecule has 0 aliphatic carbocycles. The Morgan fingerprint density at radius 1 is 1.02 bits per heavy atom. The van der Waals surface area contributed by atoms with Gasteiger partial charge in [0.2, 0.25) is 17.8 Å². The molecule has 1 fully saturated rings. The normalized spacial score (nSPS) is 14.1. The van der Waals surface area contributed by atoms with Crippen molar-refractivity contribution >= 4 is 64.7 Å². The number of hydrogen-bond donors (Lipinski definition) is 3. The number of piperazine rings is 1. The van der Waals surface area contributed by atoms with Crippen molar-refractivity contribution in [1.82, 2.24) is 19.8 Å². The van der Waals surface area contributed by atoms with Gasteiger partial charge in [0.25, 0.3) is 0 Å². The molecule has 1 aliphatic rings. The first kappa shape index (κ1) is 30.0. The Bertz CT molecular complexity index is 1500. The van der Waals surface area contributed by atoms with Crippen LogP contribution in [0.15, 0.2) is 60.8 Å². The van der Waals surface area contributed by atoms with E-state index in [1.807, 2.05) is 25.2 Å². The first-order valence-corrected chi connectivity index (χ1v) is 15.9. The van der Waals surface area contributed by atoms with Gasteiger partial charge in [0.1, 0.15) is 17.9 Å². The summed E-state index contributed by atoms with van der Waals surface area (Å²) in [6.07, 6.45) is 3.95. The number of halogens is 1. The minimum absolute atomic E-state index is 0.196. The lowest BCUT2D eigenvalue weighted by atomic mass is 10.2. The SMILES string of the molecule is COc1ccc(NC(=O)/C=C\C(=O)N2CCN(C)CC2)cc1Nc1ncc(Cl)c(Nc2ccccc2P(C)(C)=O)n1. The van der Waals surface area contributed by atoms with E-state index in [4.69, 9.17) is 16.3 Å². The molecular weight excluding hydrogens is 565 g/mol. The number of carbonyl (C=O) groups excluding carboxylic acids is 2. The first-order chi connectivity index (χ1) is 19.5. The van der Waals surface area contributed by atoms with Crippen LogP contribution in [0.4, 0.5) is 28.8 Å². The van der Waals surface area contributed by atoms with Gasteiger partial charge in [0.05, 0.1) is 24.7 Å². The van der Waals surface area contributed by atoms with Crippen molar-refractivity contribution in [3.8, 4) is 5.75 Å². The van der Waals surface area contributed by atoms with E-state index in [0.717, 1.165) is 13.1 Å². The molecule has 1 saturated heterocycles. The van der Waals surface area contributed by atoms with E-state index in [1.54, 1.807) is 42.5 Å². The van der Waals surface area contributed by atoms with Gasteiger partial charge in [0, 0.05) is 49.3 Å². The van der Waals surface area contributed by atoms with E-state index in [0.29, 0.717) is 47.0 Å². The van der Waals surface area contributed by atoms with E-state index in [1.165, 1.54) is 25.5 Å². The van der Waals surface area contributed by atoms with E-state index in [9.17, 15) is 14.2 Å². The number of amides is 2. The summed E-state index contributed by atoms with van der Waals surface area (Å²) in [4.78, 5) is 37.6. The van der Waals surface area contributed by atoms with Crippen LogP contribution < -0.4 is 26.0 Å². The summed E-state index contributed by atoms with van der Waals surface area (Å²) in [6, 6.07) is 12.3. The molecule has 3 aromatic rings. The van der Waals surface area contributed by atoms with Gasteiger partial charge in [-0.3, -0.25) is 9.59 Å². The molecule has 1 aliphatic heterocycles. The van der Waals surface area contributed by atoms with Crippen LogP contribution in [0, 0.1) is 0 Å². The molecule has 0 saturated carbocycles. The number of carbonyl (C=O) groups is 2. The van der Waals surface area contributed by atoms with Crippen molar-refractivity contribution in [2.45, 2.75) is 0 Å². The highest BCUT2D eigenvalue weighted by Gasteiger charge is 2.19. The van der Waals surface area contributed by atoms with Gasteiger partial charge in [0.15, 0.2) is 5.82 Å². The Hall–Kier alpha value is -3.92. The molecule has 0 radical (unpaired) electrons. The zero-order valence-corrected chi connectivity index (χ0v) is 25.0. The number of para-hydroxylation sites is 1. The van der Waals surface area contributed by atoms with Crippen LogP contribution in [0.25, 0.3) is 0 Å². The van der Waals surface area contributed by atoms with Crippen LogP contribution in [0.3, 0.4) is 0 Å².